The monoisotopic (exact) mass is 680 g/mol. The van der Waals surface area contributed by atoms with Gasteiger partial charge in [-0.2, -0.15) is 26.3 Å². The van der Waals surface area contributed by atoms with Gasteiger partial charge in [0.05, 0.1) is 24.3 Å². The number of imide groups is 2. The Hall–Kier alpha value is -5.86. The Bertz CT molecular complexity index is 1820. The van der Waals surface area contributed by atoms with Crippen molar-refractivity contribution in [1.82, 2.24) is 9.29 Å². The normalized spacial score (nSPS) is 17.1. The zero-order valence-electron chi connectivity index (χ0n) is 24.8. The summed E-state index contributed by atoms with van der Waals surface area (Å²) >= 11 is 0. The summed E-state index contributed by atoms with van der Waals surface area (Å²) < 4.78 is 87.0. The quantitative estimate of drug-likeness (QED) is 0.114. The minimum Gasteiger partial charge on any atom is -0.293 e. The second-order valence-corrected chi connectivity index (χ2v) is 10.9. The summed E-state index contributed by atoms with van der Waals surface area (Å²) in [6.07, 6.45) is -8.46. The van der Waals surface area contributed by atoms with Gasteiger partial charge in [0.1, 0.15) is 0 Å². The van der Waals surface area contributed by atoms with Gasteiger partial charge >= 0.3 is 36.0 Å². The molecule has 2 heterocycles. The summed E-state index contributed by atoms with van der Waals surface area (Å²) in [5.41, 5.74) is -7.96. The van der Waals surface area contributed by atoms with E-state index in [0.29, 0.717) is 24.3 Å². The standard InChI is InChI=1S/C35H22F6N2O6/c36-34(37,38)33(35(39,40)41,23-11-15-25(16-12-23)42(29(44)19-20-30(42)45)48-27-7-3-1-4-8-27)24-13-17-26(18-14-24)43(31(46)21-22-32(43)47)49-28-9-5-2-6-10-28/h1-22H/q+2. The van der Waals surface area contributed by atoms with Gasteiger partial charge in [-0.15, -0.1) is 0 Å². The van der Waals surface area contributed by atoms with Gasteiger partial charge in [-0.25, -0.2) is 19.2 Å². The molecule has 0 fully saturated rings. The van der Waals surface area contributed by atoms with E-state index in [1.165, 1.54) is 48.5 Å². The molecule has 2 aliphatic heterocycles. The number of carbonyl (C=O) groups excluding carboxylic acids is 4. The fraction of sp³-hybridized carbons (Fsp3) is 0.0857. The number of hydrogen-bond donors (Lipinski definition) is 0. The Balaban J connectivity index is 1.47. The van der Waals surface area contributed by atoms with Gasteiger partial charge in [-0.05, 0) is 35.4 Å². The number of amides is 4. The smallest absolute Gasteiger partial charge is 0.293 e. The Morgan fingerprint density at radius 1 is 0.408 bits per heavy atom. The van der Waals surface area contributed by atoms with E-state index in [-0.39, 0.29) is 22.9 Å². The summed E-state index contributed by atoms with van der Waals surface area (Å²) in [7, 11) is 0. The number of hydrogen-bond acceptors (Lipinski definition) is 6. The highest BCUT2D eigenvalue weighted by Gasteiger charge is 2.73. The van der Waals surface area contributed by atoms with Crippen molar-refractivity contribution in [1.29, 1.82) is 0 Å². The van der Waals surface area contributed by atoms with Crippen molar-refractivity contribution in [3.63, 3.8) is 0 Å². The van der Waals surface area contributed by atoms with Gasteiger partial charge in [-0.1, -0.05) is 60.7 Å². The molecule has 49 heavy (non-hydrogen) atoms. The molecule has 0 aliphatic carbocycles. The van der Waals surface area contributed by atoms with Crippen LogP contribution in [0.1, 0.15) is 11.1 Å². The molecule has 8 nitrogen and oxygen atoms in total. The summed E-state index contributed by atoms with van der Waals surface area (Å²) in [4.78, 5) is 63.3. The van der Waals surface area contributed by atoms with Crippen LogP contribution in [0.25, 0.3) is 0 Å². The first kappa shape index (κ1) is 33.1. The van der Waals surface area contributed by atoms with Gasteiger partial charge in [0, 0.05) is 33.6 Å². The minimum atomic E-state index is -6.00. The van der Waals surface area contributed by atoms with Crippen molar-refractivity contribution in [2.75, 3.05) is 0 Å². The topological polar surface area (TPSA) is 86.7 Å². The molecule has 0 saturated carbocycles. The van der Waals surface area contributed by atoms with Gasteiger partial charge < -0.3 is 0 Å². The zero-order chi connectivity index (χ0) is 35.2. The average Bonchev–Trinajstić information content (AvgIpc) is 3.51. The van der Waals surface area contributed by atoms with Gasteiger partial charge in [-0.3, -0.25) is 9.68 Å². The first-order valence-corrected chi connectivity index (χ1v) is 14.4. The molecular formula is C35H22F6N2O6+2. The Labute approximate surface area is 273 Å². The number of hydroxylamine groups is 4. The highest BCUT2D eigenvalue weighted by atomic mass is 19.4. The molecule has 6 rings (SSSR count). The van der Waals surface area contributed by atoms with Crippen molar-refractivity contribution < 1.29 is 55.2 Å². The number of benzene rings is 4. The molecule has 14 heteroatoms. The number of halogens is 6. The van der Waals surface area contributed by atoms with E-state index in [4.69, 9.17) is 9.68 Å². The highest BCUT2D eigenvalue weighted by Crippen LogP contribution is 2.56. The second-order valence-electron chi connectivity index (χ2n) is 10.9. The summed E-state index contributed by atoms with van der Waals surface area (Å²) in [6.45, 7) is 0. The van der Waals surface area contributed by atoms with E-state index in [2.05, 4.69) is 0 Å². The van der Waals surface area contributed by atoms with Crippen LogP contribution >= 0.6 is 0 Å². The first-order valence-electron chi connectivity index (χ1n) is 14.4. The van der Waals surface area contributed by atoms with Crippen LogP contribution in [-0.2, 0) is 24.6 Å². The van der Waals surface area contributed by atoms with E-state index in [1.54, 1.807) is 12.1 Å². The van der Waals surface area contributed by atoms with E-state index in [1.807, 2.05) is 0 Å². The van der Waals surface area contributed by atoms with Crippen LogP contribution in [0.15, 0.2) is 133 Å². The predicted molar refractivity (Wildman–Crippen MR) is 162 cm³/mol. The number of nitrogens with zero attached hydrogens (tertiary/aromatic N) is 2. The lowest BCUT2D eigenvalue weighted by Crippen LogP contribution is -2.57. The summed E-state index contributed by atoms with van der Waals surface area (Å²) in [5.74, 6) is -3.70. The first-order chi connectivity index (χ1) is 23.2. The molecule has 4 aromatic carbocycles. The Morgan fingerprint density at radius 3 is 0.959 bits per heavy atom. The number of quaternary nitrogens is 2. The number of carbonyl (C=O) groups is 4. The van der Waals surface area contributed by atoms with Gasteiger partial charge in [0.15, 0.2) is 22.9 Å². The van der Waals surface area contributed by atoms with Crippen molar-refractivity contribution in [2.24, 2.45) is 0 Å². The van der Waals surface area contributed by atoms with Crippen molar-refractivity contribution in [2.45, 2.75) is 17.8 Å². The SMILES string of the molecule is O=C1C=CC(=O)[N+]1(Oc1ccccc1)c1ccc(C(c2ccc([N+]3(Oc4ccccc4)C(=O)C=CC3=O)cc2)(C(F)(F)F)C(F)(F)F)cc1. The number of alkyl halides is 6. The van der Waals surface area contributed by atoms with E-state index >= 15 is 26.3 Å². The van der Waals surface area contributed by atoms with Crippen molar-refractivity contribution >= 4 is 35.0 Å². The van der Waals surface area contributed by atoms with Gasteiger partial charge in [0.25, 0.3) is 0 Å². The van der Waals surface area contributed by atoms with Crippen LogP contribution in [0.4, 0.5) is 37.7 Å². The maximum atomic E-state index is 15.0. The van der Waals surface area contributed by atoms with Crippen molar-refractivity contribution in [3.05, 3.63) is 145 Å². The van der Waals surface area contributed by atoms with Crippen LogP contribution < -0.4 is 19.0 Å². The molecule has 0 bridgehead atoms. The van der Waals surface area contributed by atoms with Crippen molar-refractivity contribution in [3.8, 4) is 11.5 Å². The third-order valence-electron chi connectivity index (χ3n) is 8.13. The molecule has 0 atom stereocenters. The summed E-state index contributed by atoms with van der Waals surface area (Å²) in [6, 6.07) is 20.2. The van der Waals surface area contributed by atoms with E-state index in [0.717, 1.165) is 48.6 Å². The van der Waals surface area contributed by atoms with Gasteiger partial charge in [0.2, 0.25) is 5.41 Å². The maximum absolute atomic E-state index is 15.0. The molecule has 0 N–H and O–H groups in total. The molecule has 0 radical (unpaired) electrons. The number of rotatable bonds is 8. The lowest BCUT2D eigenvalue weighted by atomic mass is 9.72. The molecule has 0 aromatic heterocycles. The van der Waals surface area contributed by atoms with E-state index in [9.17, 15) is 19.2 Å². The Morgan fingerprint density at radius 2 is 0.694 bits per heavy atom. The molecule has 0 spiro atoms. The molecule has 0 saturated heterocycles. The second kappa shape index (κ2) is 11.7. The van der Waals surface area contributed by atoms with Crippen LogP contribution in [0.2, 0.25) is 0 Å². The molecule has 0 unspecified atom stereocenters. The van der Waals surface area contributed by atoms with Crippen LogP contribution in [0.5, 0.6) is 11.5 Å². The maximum Gasteiger partial charge on any atom is 0.411 e. The fourth-order valence-electron chi connectivity index (χ4n) is 5.82. The minimum absolute atomic E-state index is 0.0267. The molecule has 248 valence electrons. The van der Waals surface area contributed by atoms with Crippen LogP contribution in [0, 0.1) is 0 Å². The Kier molecular flexibility index (Phi) is 7.88. The van der Waals surface area contributed by atoms with Crippen LogP contribution in [0.3, 0.4) is 0 Å². The predicted octanol–water partition coefficient (Wildman–Crippen LogP) is 6.95. The molecule has 4 aromatic rings. The molecule has 4 amide bonds. The largest absolute Gasteiger partial charge is 0.411 e. The molecule has 2 aliphatic rings. The number of para-hydroxylation sites is 2. The summed E-state index contributed by atoms with van der Waals surface area (Å²) in [5, 5.41) is 0. The third-order valence-corrected chi connectivity index (χ3v) is 8.13. The highest BCUT2D eigenvalue weighted by molar-refractivity contribution is 6.22. The average molecular weight is 681 g/mol. The lowest BCUT2D eigenvalue weighted by molar-refractivity contribution is -0.288. The van der Waals surface area contributed by atoms with Crippen LogP contribution in [-0.4, -0.2) is 36.0 Å². The zero-order valence-corrected chi connectivity index (χ0v) is 24.8. The molecular weight excluding hydrogens is 658 g/mol. The third kappa shape index (κ3) is 5.03. The fourth-order valence-corrected chi connectivity index (χ4v) is 5.82. The lowest BCUT2D eigenvalue weighted by Gasteiger charge is -2.38. The van der Waals surface area contributed by atoms with E-state index < -0.39 is 61.8 Å².